The van der Waals surface area contributed by atoms with Gasteiger partial charge in [-0.2, -0.15) is 0 Å². The Balaban J connectivity index is 1.54. The SMILES string of the molecule is C=CCN(C(=O)C1N([C@@H](CC)CO)C(=O)[C@@H]2[C@H](C(=O)N(CC=C)c3ccc(OCC)cc3)[C@@H]3CCC12S3)c1ccc(N(CC)CC)cc1. The summed E-state index contributed by atoms with van der Waals surface area (Å²) in [5.41, 5.74) is 2.49. The maximum Gasteiger partial charge on any atom is 0.251 e. The Labute approximate surface area is 289 Å². The second-order valence-corrected chi connectivity index (χ2v) is 14.2. The number of aliphatic hydroxyl groups excluding tert-OH is 1. The predicted molar refractivity (Wildman–Crippen MR) is 195 cm³/mol. The maximum atomic E-state index is 15.0. The number of hydrogen-bond acceptors (Lipinski definition) is 7. The van der Waals surface area contributed by atoms with Gasteiger partial charge in [0.2, 0.25) is 11.8 Å². The summed E-state index contributed by atoms with van der Waals surface area (Å²) in [7, 11) is 0. The van der Waals surface area contributed by atoms with E-state index < -0.39 is 28.7 Å². The molecule has 2 aromatic rings. The average Bonchev–Trinajstić information content (AvgIpc) is 3.75. The molecule has 3 aliphatic heterocycles. The van der Waals surface area contributed by atoms with Gasteiger partial charge in [-0.15, -0.1) is 24.9 Å². The first kappa shape index (κ1) is 35.5. The second-order valence-electron chi connectivity index (χ2n) is 12.6. The standard InChI is InChI=1S/C38H50N4O5S/c1-7-23-40(29-17-19-30(20-18-29)47-12-6)35(44)32-31-21-22-38(48-31)33(32)36(45)42(26(9-3)25-43)34(38)37(46)41(24-8-2)28-15-13-27(14-16-28)39(10-4)11-5/h7-8,13-20,26,31-34,43H,1-2,9-12,21-25H2,3-6H3/t26-,31-,32+,33-,34?,38?/m0/s1. The van der Waals surface area contributed by atoms with Gasteiger partial charge in [-0.05, 0) is 88.6 Å². The zero-order chi connectivity index (χ0) is 34.6. The molecular formula is C38H50N4O5S. The third kappa shape index (κ3) is 6.13. The highest BCUT2D eigenvalue weighted by Gasteiger charge is 2.74. The van der Waals surface area contributed by atoms with E-state index in [0.717, 1.165) is 30.9 Å². The molecule has 48 heavy (non-hydrogen) atoms. The van der Waals surface area contributed by atoms with Crippen molar-refractivity contribution >= 4 is 46.5 Å². The number of thioether (sulfide) groups is 1. The van der Waals surface area contributed by atoms with Crippen molar-refractivity contribution in [3.8, 4) is 5.75 Å². The van der Waals surface area contributed by atoms with Crippen molar-refractivity contribution in [3.63, 3.8) is 0 Å². The van der Waals surface area contributed by atoms with Crippen molar-refractivity contribution in [2.24, 2.45) is 11.8 Å². The van der Waals surface area contributed by atoms with E-state index in [2.05, 4.69) is 31.9 Å². The van der Waals surface area contributed by atoms with Gasteiger partial charge in [0.15, 0.2) is 0 Å². The fraction of sp³-hybridized carbons (Fsp3) is 0.500. The fourth-order valence-corrected chi connectivity index (χ4v) is 10.2. The molecule has 2 unspecified atom stereocenters. The zero-order valence-electron chi connectivity index (χ0n) is 28.7. The van der Waals surface area contributed by atoms with Crippen LogP contribution in [0.4, 0.5) is 17.1 Å². The Morgan fingerprint density at radius 2 is 1.52 bits per heavy atom. The lowest BCUT2D eigenvalue weighted by molar-refractivity contribution is -0.141. The van der Waals surface area contributed by atoms with Gasteiger partial charge >= 0.3 is 0 Å². The Morgan fingerprint density at radius 3 is 2.04 bits per heavy atom. The van der Waals surface area contributed by atoms with Crippen LogP contribution < -0.4 is 19.4 Å². The molecular weight excluding hydrogens is 625 g/mol. The number of carbonyl (C=O) groups excluding carboxylic acids is 3. The van der Waals surface area contributed by atoms with Gasteiger partial charge in [0.25, 0.3) is 5.91 Å². The van der Waals surface area contributed by atoms with Gasteiger partial charge in [0.05, 0.1) is 35.8 Å². The van der Waals surface area contributed by atoms with Crippen LogP contribution in [-0.4, -0.2) is 89.2 Å². The third-order valence-electron chi connectivity index (χ3n) is 10.2. The molecule has 9 nitrogen and oxygen atoms in total. The van der Waals surface area contributed by atoms with Crippen LogP contribution >= 0.6 is 11.8 Å². The first-order chi connectivity index (χ1) is 23.2. The van der Waals surface area contributed by atoms with Crippen LogP contribution in [0.2, 0.25) is 0 Å². The highest BCUT2D eigenvalue weighted by molar-refractivity contribution is 8.02. The Hall–Kier alpha value is -3.76. The molecule has 3 heterocycles. The van der Waals surface area contributed by atoms with Crippen LogP contribution in [0, 0.1) is 11.8 Å². The number of benzene rings is 2. The number of rotatable bonds is 16. The quantitative estimate of drug-likeness (QED) is 0.234. The number of carbonyl (C=O) groups is 3. The van der Waals surface area contributed by atoms with Crippen LogP contribution in [0.3, 0.4) is 0 Å². The first-order valence-corrected chi connectivity index (χ1v) is 18.2. The van der Waals surface area contributed by atoms with E-state index in [0.29, 0.717) is 30.9 Å². The largest absolute Gasteiger partial charge is 0.494 e. The molecule has 0 saturated carbocycles. The maximum absolute atomic E-state index is 15.0. The summed E-state index contributed by atoms with van der Waals surface area (Å²) in [6.45, 7) is 18.5. The summed E-state index contributed by atoms with van der Waals surface area (Å²) in [5, 5.41) is 10.4. The van der Waals surface area contributed by atoms with E-state index >= 15 is 0 Å². The number of anilines is 3. The molecule has 0 aromatic heterocycles. The lowest BCUT2D eigenvalue weighted by atomic mass is 9.70. The summed E-state index contributed by atoms with van der Waals surface area (Å²) in [4.78, 5) is 51.5. The molecule has 6 atom stereocenters. The molecule has 258 valence electrons. The van der Waals surface area contributed by atoms with E-state index in [4.69, 9.17) is 4.74 Å². The summed E-state index contributed by atoms with van der Waals surface area (Å²) in [6, 6.07) is 13.9. The molecule has 2 aromatic carbocycles. The minimum Gasteiger partial charge on any atom is -0.494 e. The summed E-state index contributed by atoms with van der Waals surface area (Å²) in [6.07, 6.45) is 5.24. The van der Waals surface area contributed by atoms with Gasteiger partial charge in [-0.25, -0.2) is 0 Å². The van der Waals surface area contributed by atoms with Crippen molar-refractivity contribution in [1.29, 1.82) is 0 Å². The fourth-order valence-electron chi connectivity index (χ4n) is 8.01. The van der Waals surface area contributed by atoms with E-state index in [-0.39, 0.29) is 42.7 Å². The Morgan fingerprint density at radius 1 is 0.958 bits per heavy atom. The second kappa shape index (κ2) is 15.2. The summed E-state index contributed by atoms with van der Waals surface area (Å²) in [5.74, 6) is -1.15. The molecule has 3 saturated heterocycles. The van der Waals surface area contributed by atoms with Crippen LogP contribution in [0.25, 0.3) is 0 Å². The minimum atomic E-state index is -0.833. The average molecular weight is 675 g/mol. The van der Waals surface area contributed by atoms with Gasteiger partial charge in [-0.3, -0.25) is 14.4 Å². The normalized spacial score (nSPS) is 24.6. The Kier molecular flexibility index (Phi) is 11.3. The number of nitrogens with zero attached hydrogens (tertiary/aromatic N) is 4. The van der Waals surface area contributed by atoms with E-state index in [1.807, 2.05) is 62.4 Å². The van der Waals surface area contributed by atoms with Gasteiger partial charge in [-0.1, -0.05) is 19.1 Å². The van der Waals surface area contributed by atoms with Crippen LogP contribution in [0.1, 0.15) is 47.0 Å². The molecule has 1 spiro atoms. The molecule has 1 N–H and O–H groups in total. The lowest BCUT2D eigenvalue weighted by Gasteiger charge is -2.39. The molecule has 3 amide bonds. The van der Waals surface area contributed by atoms with Crippen LogP contribution in [0.15, 0.2) is 73.8 Å². The van der Waals surface area contributed by atoms with Gasteiger partial charge in [0, 0.05) is 48.5 Å². The topological polar surface area (TPSA) is 93.6 Å². The van der Waals surface area contributed by atoms with E-state index in [9.17, 15) is 19.5 Å². The number of hydrogen-bond donors (Lipinski definition) is 1. The van der Waals surface area contributed by atoms with E-state index in [1.54, 1.807) is 38.6 Å². The predicted octanol–water partition coefficient (Wildman–Crippen LogP) is 5.53. The molecule has 10 heteroatoms. The van der Waals surface area contributed by atoms with Gasteiger partial charge < -0.3 is 29.4 Å². The number of amides is 3. The molecule has 3 fully saturated rings. The van der Waals surface area contributed by atoms with Crippen LogP contribution in [-0.2, 0) is 14.4 Å². The van der Waals surface area contributed by atoms with Crippen molar-refractivity contribution < 1.29 is 24.2 Å². The molecule has 3 aliphatic rings. The molecule has 0 radical (unpaired) electrons. The van der Waals surface area contributed by atoms with Crippen molar-refractivity contribution in [1.82, 2.24) is 4.90 Å². The molecule has 0 aliphatic carbocycles. The first-order valence-electron chi connectivity index (χ1n) is 17.3. The highest BCUT2D eigenvalue weighted by Crippen LogP contribution is 2.67. The Bertz CT molecular complexity index is 1470. The van der Waals surface area contributed by atoms with E-state index in [1.165, 1.54) is 0 Å². The number of likely N-dealkylation sites (tertiary alicyclic amines) is 1. The third-order valence-corrected chi connectivity index (χ3v) is 12.2. The minimum absolute atomic E-state index is 0.102. The van der Waals surface area contributed by atoms with Crippen molar-refractivity contribution in [2.45, 2.75) is 69.0 Å². The molecule has 2 bridgehead atoms. The van der Waals surface area contributed by atoms with Gasteiger partial charge in [0.1, 0.15) is 11.8 Å². The number of fused-ring (bicyclic) bond motifs is 1. The lowest BCUT2D eigenvalue weighted by Crippen LogP contribution is -2.57. The summed E-state index contributed by atoms with van der Waals surface area (Å²) >= 11 is 1.63. The van der Waals surface area contributed by atoms with Crippen molar-refractivity contribution in [2.75, 3.05) is 54.1 Å². The number of ether oxygens (including phenoxy) is 1. The smallest absolute Gasteiger partial charge is 0.251 e. The monoisotopic (exact) mass is 674 g/mol. The number of aliphatic hydroxyl groups is 1. The highest BCUT2D eigenvalue weighted by atomic mass is 32.2. The van der Waals surface area contributed by atoms with Crippen molar-refractivity contribution in [3.05, 3.63) is 73.8 Å². The summed E-state index contributed by atoms with van der Waals surface area (Å²) < 4.78 is 4.82. The molecule has 5 rings (SSSR count). The zero-order valence-corrected chi connectivity index (χ0v) is 29.5. The van der Waals surface area contributed by atoms with Crippen LogP contribution in [0.5, 0.6) is 5.75 Å².